The Morgan fingerprint density at radius 1 is 1.45 bits per heavy atom. The summed E-state index contributed by atoms with van der Waals surface area (Å²) in [7, 11) is 0. The first kappa shape index (κ1) is 13.5. The van der Waals surface area contributed by atoms with E-state index in [1.165, 1.54) is 18.3 Å². The lowest BCUT2D eigenvalue weighted by atomic mass is 10.3. The highest BCUT2D eigenvalue weighted by atomic mass is 16.5. The van der Waals surface area contributed by atoms with E-state index in [9.17, 15) is 9.59 Å². The van der Waals surface area contributed by atoms with Crippen LogP contribution in [0.2, 0.25) is 0 Å². The number of aromatic nitrogens is 2. The molecule has 0 aliphatic carbocycles. The Morgan fingerprint density at radius 2 is 2.25 bits per heavy atom. The summed E-state index contributed by atoms with van der Waals surface area (Å²) in [5.41, 5.74) is 0.604. The predicted molar refractivity (Wildman–Crippen MR) is 68.3 cm³/mol. The molecule has 0 radical (unpaired) electrons. The van der Waals surface area contributed by atoms with E-state index in [2.05, 4.69) is 20.8 Å². The zero-order valence-corrected chi connectivity index (χ0v) is 10.6. The van der Waals surface area contributed by atoms with Gasteiger partial charge in [-0.25, -0.2) is 14.6 Å². The molecule has 0 atom stereocenters. The molecule has 0 aromatic carbocycles. The molecule has 0 bridgehead atoms. The molecule has 104 valence electrons. The summed E-state index contributed by atoms with van der Waals surface area (Å²) < 4.78 is 4.93. The van der Waals surface area contributed by atoms with Gasteiger partial charge in [0.2, 0.25) is 0 Å². The number of hydrogen-bond donors (Lipinski definition) is 3. The van der Waals surface area contributed by atoms with Crippen LogP contribution in [0, 0.1) is 6.92 Å². The van der Waals surface area contributed by atoms with Gasteiger partial charge in [0.15, 0.2) is 11.5 Å². The molecule has 2 heterocycles. The first-order chi connectivity index (χ1) is 9.56. The van der Waals surface area contributed by atoms with Crippen LogP contribution < -0.4 is 10.6 Å². The van der Waals surface area contributed by atoms with Crippen molar-refractivity contribution < 1.29 is 19.2 Å². The molecule has 2 aromatic rings. The summed E-state index contributed by atoms with van der Waals surface area (Å²) in [6.07, 6.45) is 1.34. The number of aromatic carboxylic acids is 1. The molecule has 0 fully saturated rings. The van der Waals surface area contributed by atoms with Gasteiger partial charge < -0.3 is 20.3 Å². The monoisotopic (exact) mass is 276 g/mol. The Morgan fingerprint density at radius 3 is 2.90 bits per heavy atom. The first-order valence-electron chi connectivity index (χ1n) is 5.71. The largest absolute Gasteiger partial charge is 0.476 e. The van der Waals surface area contributed by atoms with Gasteiger partial charge in [0, 0.05) is 12.3 Å². The molecule has 0 unspecified atom stereocenters. The molecule has 0 saturated heterocycles. The third-order valence-corrected chi connectivity index (χ3v) is 2.36. The number of carbonyl (C=O) groups excluding carboxylic acids is 1. The van der Waals surface area contributed by atoms with Crippen molar-refractivity contribution in [2.75, 3.05) is 5.32 Å². The Labute approximate surface area is 113 Å². The van der Waals surface area contributed by atoms with Crippen LogP contribution in [0.15, 0.2) is 28.9 Å². The van der Waals surface area contributed by atoms with Gasteiger partial charge in [-0.15, -0.1) is 0 Å². The van der Waals surface area contributed by atoms with Crippen molar-refractivity contribution in [3.63, 3.8) is 0 Å². The minimum Gasteiger partial charge on any atom is -0.476 e. The minimum atomic E-state index is -1.22. The maximum absolute atomic E-state index is 11.7. The summed E-state index contributed by atoms with van der Waals surface area (Å²) in [4.78, 5) is 26.3. The van der Waals surface area contributed by atoms with Crippen molar-refractivity contribution in [2.45, 2.75) is 13.5 Å². The van der Waals surface area contributed by atoms with Gasteiger partial charge >= 0.3 is 12.0 Å². The highest BCUT2D eigenvalue weighted by molar-refractivity contribution is 5.98. The van der Waals surface area contributed by atoms with Crippen LogP contribution in [-0.2, 0) is 6.54 Å². The average Bonchev–Trinajstić information content (AvgIpc) is 2.83. The van der Waals surface area contributed by atoms with Crippen LogP contribution in [0.1, 0.15) is 21.9 Å². The molecule has 2 aromatic heterocycles. The predicted octanol–water partition coefficient (Wildman–Crippen LogP) is 1.40. The summed E-state index contributed by atoms with van der Waals surface area (Å²) in [5, 5.41) is 17.5. The van der Waals surface area contributed by atoms with Crippen LogP contribution >= 0.6 is 0 Å². The normalized spacial score (nSPS) is 10.1. The third kappa shape index (κ3) is 3.31. The number of nitrogens with one attached hydrogen (secondary N) is 2. The first-order valence-corrected chi connectivity index (χ1v) is 5.71. The fourth-order valence-electron chi connectivity index (χ4n) is 1.51. The summed E-state index contributed by atoms with van der Waals surface area (Å²) in [5.74, 6) is -0.714. The van der Waals surface area contributed by atoms with E-state index in [4.69, 9.17) is 9.63 Å². The highest BCUT2D eigenvalue weighted by Gasteiger charge is 2.13. The second-order valence-electron chi connectivity index (χ2n) is 3.95. The van der Waals surface area contributed by atoms with Crippen LogP contribution in [-0.4, -0.2) is 27.2 Å². The molecule has 3 N–H and O–H groups in total. The number of hydrogen-bond acceptors (Lipinski definition) is 5. The number of urea groups is 1. The zero-order valence-electron chi connectivity index (χ0n) is 10.6. The molecule has 0 aliphatic rings. The van der Waals surface area contributed by atoms with Crippen molar-refractivity contribution >= 4 is 17.7 Å². The van der Waals surface area contributed by atoms with E-state index in [0.29, 0.717) is 11.5 Å². The van der Waals surface area contributed by atoms with Gasteiger partial charge in [-0.05, 0) is 19.1 Å². The van der Waals surface area contributed by atoms with Crippen LogP contribution in [0.25, 0.3) is 0 Å². The quantitative estimate of drug-likeness (QED) is 0.776. The topological polar surface area (TPSA) is 117 Å². The molecular formula is C12H12N4O4. The van der Waals surface area contributed by atoms with E-state index in [0.717, 1.165) is 0 Å². The number of pyridine rings is 1. The fraction of sp³-hybridized carbons (Fsp3) is 0.167. The van der Waals surface area contributed by atoms with Gasteiger partial charge in [0.25, 0.3) is 0 Å². The standard InChI is InChI=1S/C12H12N4O4/c1-7-5-8(20-16-7)6-14-12(19)15-9-3-2-4-13-10(9)11(17)18/h2-5H,6H2,1H3,(H,17,18)(H2,14,15,19). The van der Waals surface area contributed by atoms with Gasteiger partial charge in [0.1, 0.15) is 0 Å². The van der Waals surface area contributed by atoms with E-state index in [1.807, 2.05) is 0 Å². The number of carbonyl (C=O) groups is 2. The van der Waals surface area contributed by atoms with E-state index in [-0.39, 0.29) is 17.9 Å². The molecule has 2 rings (SSSR count). The van der Waals surface area contributed by atoms with Crippen molar-refractivity contribution in [3.05, 3.63) is 41.5 Å². The number of carboxylic acids is 1. The van der Waals surface area contributed by atoms with Crippen molar-refractivity contribution in [1.29, 1.82) is 0 Å². The van der Waals surface area contributed by atoms with Crippen molar-refractivity contribution in [1.82, 2.24) is 15.5 Å². The average molecular weight is 276 g/mol. The Bertz CT molecular complexity index is 638. The Kier molecular flexibility index (Phi) is 3.94. The summed E-state index contributed by atoms with van der Waals surface area (Å²) in [6.45, 7) is 1.91. The maximum atomic E-state index is 11.7. The molecule has 8 nitrogen and oxygen atoms in total. The molecule has 20 heavy (non-hydrogen) atoms. The number of rotatable bonds is 4. The van der Waals surface area contributed by atoms with Crippen LogP contribution in [0.4, 0.5) is 10.5 Å². The molecule has 0 saturated carbocycles. The second-order valence-corrected chi connectivity index (χ2v) is 3.95. The van der Waals surface area contributed by atoms with Gasteiger partial charge in [-0.1, -0.05) is 5.16 Å². The second kappa shape index (κ2) is 5.83. The number of anilines is 1. The molecule has 0 spiro atoms. The third-order valence-electron chi connectivity index (χ3n) is 2.36. The van der Waals surface area contributed by atoms with Crippen molar-refractivity contribution in [3.8, 4) is 0 Å². The SMILES string of the molecule is Cc1cc(CNC(=O)Nc2cccnc2C(=O)O)on1. The Hall–Kier alpha value is -2.90. The highest BCUT2D eigenvalue weighted by Crippen LogP contribution is 2.11. The molecular weight excluding hydrogens is 264 g/mol. The van der Waals surface area contributed by atoms with E-state index >= 15 is 0 Å². The van der Waals surface area contributed by atoms with Gasteiger partial charge in [0.05, 0.1) is 17.9 Å². The number of amides is 2. The number of nitrogens with zero attached hydrogens (tertiary/aromatic N) is 2. The smallest absolute Gasteiger partial charge is 0.356 e. The minimum absolute atomic E-state index is 0.117. The zero-order chi connectivity index (χ0) is 14.5. The number of carboxylic acid groups (broad SMARTS) is 1. The van der Waals surface area contributed by atoms with Crippen LogP contribution in [0.3, 0.4) is 0 Å². The lowest BCUT2D eigenvalue weighted by Crippen LogP contribution is -2.29. The lowest BCUT2D eigenvalue weighted by molar-refractivity contribution is 0.0691. The lowest BCUT2D eigenvalue weighted by Gasteiger charge is -2.07. The van der Waals surface area contributed by atoms with Gasteiger partial charge in [-0.3, -0.25) is 0 Å². The number of aryl methyl sites for hydroxylation is 1. The molecule has 0 aliphatic heterocycles. The summed E-state index contributed by atoms with van der Waals surface area (Å²) in [6, 6.07) is 4.11. The fourth-order valence-corrected chi connectivity index (χ4v) is 1.51. The summed E-state index contributed by atoms with van der Waals surface area (Å²) >= 11 is 0. The Balaban J connectivity index is 1.96. The molecule has 8 heteroatoms. The van der Waals surface area contributed by atoms with E-state index < -0.39 is 12.0 Å². The van der Waals surface area contributed by atoms with E-state index in [1.54, 1.807) is 13.0 Å². The van der Waals surface area contributed by atoms with Crippen molar-refractivity contribution in [2.24, 2.45) is 0 Å². The van der Waals surface area contributed by atoms with Crippen LogP contribution in [0.5, 0.6) is 0 Å². The maximum Gasteiger partial charge on any atom is 0.356 e. The molecule has 2 amide bonds. The van der Waals surface area contributed by atoms with Gasteiger partial charge in [-0.2, -0.15) is 0 Å².